The minimum atomic E-state index is -5.69. The molecule has 210 valence electrons. The van der Waals surface area contributed by atoms with Crippen LogP contribution in [-0.2, 0) is 41.1 Å². The van der Waals surface area contributed by atoms with E-state index in [1.54, 1.807) is 0 Å². The summed E-state index contributed by atoms with van der Waals surface area (Å²) in [7, 11) is -15.4. The number of nitrogen functional groups attached to an aromatic ring is 1. The number of fused-ring (bicyclic) bond motifs is 1. The second-order valence-electron chi connectivity index (χ2n) is 7.60. The summed E-state index contributed by atoms with van der Waals surface area (Å²) < 4.78 is 57.7. The van der Waals surface area contributed by atoms with E-state index in [0.29, 0.717) is 16.6 Å². The highest BCUT2D eigenvalue weighted by atomic mass is 31.3. The van der Waals surface area contributed by atoms with Crippen molar-refractivity contribution < 1.29 is 65.8 Å². The SMILES string of the molecule is COC(=O)CCC#Cc1cn([C@H]2C[C@H](O)[C@@H](COP(=O)(O)OP(=O)(O)OP(=O)(O)O)O2)c2ncnc(N)c12. The molecule has 0 radical (unpaired) electrons. The van der Waals surface area contributed by atoms with E-state index in [0.717, 1.165) is 0 Å². The van der Waals surface area contributed by atoms with Gasteiger partial charge in [0.2, 0.25) is 0 Å². The van der Waals surface area contributed by atoms with Crippen molar-refractivity contribution in [2.75, 3.05) is 19.5 Å². The molecule has 0 bridgehead atoms. The van der Waals surface area contributed by atoms with Gasteiger partial charge in [-0.15, -0.1) is 0 Å². The van der Waals surface area contributed by atoms with Crippen LogP contribution in [0.25, 0.3) is 11.0 Å². The van der Waals surface area contributed by atoms with Gasteiger partial charge in [-0.2, -0.15) is 8.62 Å². The van der Waals surface area contributed by atoms with Gasteiger partial charge in [0.25, 0.3) is 0 Å². The van der Waals surface area contributed by atoms with Gasteiger partial charge in [-0.1, -0.05) is 11.8 Å². The Bertz CT molecular complexity index is 1400. The smallest absolute Gasteiger partial charge is 0.469 e. The minimum absolute atomic E-state index is 0.0622. The van der Waals surface area contributed by atoms with Gasteiger partial charge < -0.3 is 44.5 Å². The molecule has 1 saturated heterocycles. The average Bonchev–Trinajstić information content (AvgIpc) is 3.33. The maximum absolute atomic E-state index is 12.0. The second-order valence-corrected chi connectivity index (χ2v) is 12.0. The first-order valence-electron chi connectivity index (χ1n) is 10.4. The van der Waals surface area contributed by atoms with E-state index in [1.165, 1.54) is 24.2 Å². The number of hydrogen-bond acceptors (Lipinski definition) is 13. The number of ether oxygens (including phenoxy) is 2. The Kier molecular flexibility index (Phi) is 9.49. The highest BCUT2D eigenvalue weighted by Crippen LogP contribution is 2.66. The summed E-state index contributed by atoms with van der Waals surface area (Å²) in [5.74, 6) is 5.36. The van der Waals surface area contributed by atoms with E-state index in [9.17, 15) is 33.4 Å². The van der Waals surface area contributed by atoms with Crippen molar-refractivity contribution in [3.8, 4) is 11.8 Å². The molecule has 7 N–H and O–H groups in total. The van der Waals surface area contributed by atoms with Gasteiger partial charge in [-0.05, 0) is 0 Å². The molecule has 0 amide bonds. The molecule has 0 aromatic carbocycles. The molecule has 38 heavy (non-hydrogen) atoms. The third-order valence-electron chi connectivity index (χ3n) is 4.88. The van der Waals surface area contributed by atoms with Crippen LogP contribution in [-0.4, -0.2) is 71.1 Å². The van der Waals surface area contributed by atoms with Crippen LogP contribution in [0.4, 0.5) is 5.82 Å². The average molecular weight is 600 g/mol. The molecule has 2 aromatic heterocycles. The predicted octanol–water partition coefficient (Wildman–Crippen LogP) is 0.310. The van der Waals surface area contributed by atoms with Crippen LogP contribution in [0.2, 0.25) is 0 Å². The van der Waals surface area contributed by atoms with Gasteiger partial charge in [-0.25, -0.2) is 23.7 Å². The van der Waals surface area contributed by atoms with Crippen molar-refractivity contribution in [2.24, 2.45) is 0 Å². The summed E-state index contributed by atoms with van der Waals surface area (Å²) in [5, 5.41) is 10.8. The number of phosphoric ester groups is 1. The second kappa shape index (κ2) is 11.9. The molecule has 5 atom stereocenters. The quantitative estimate of drug-likeness (QED) is 0.122. The maximum Gasteiger partial charge on any atom is 0.490 e. The number of phosphoric acid groups is 3. The number of methoxy groups -OCH3 is 1. The van der Waals surface area contributed by atoms with Gasteiger partial charge in [0, 0.05) is 19.0 Å². The Balaban J connectivity index is 1.73. The number of carbonyl (C=O) groups is 1. The fourth-order valence-electron chi connectivity index (χ4n) is 3.35. The van der Waals surface area contributed by atoms with Crippen LogP contribution in [0.3, 0.4) is 0 Å². The lowest BCUT2D eigenvalue weighted by atomic mass is 10.2. The number of aromatic nitrogens is 3. The Labute approximate surface area is 214 Å². The Morgan fingerprint density at radius 1 is 1.21 bits per heavy atom. The van der Waals surface area contributed by atoms with Crippen LogP contribution in [0.5, 0.6) is 0 Å². The molecule has 0 spiro atoms. The van der Waals surface area contributed by atoms with Gasteiger partial charge in [0.05, 0.1) is 37.2 Å². The fraction of sp³-hybridized carbons (Fsp3) is 0.471. The largest absolute Gasteiger partial charge is 0.490 e. The predicted molar refractivity (Wildman–Crippen MR) is 124 cm³/mol. The number of nitrogens with zero attached hydrogens (tertiary/aromatic N) is 3. The van der Waals surface area contributed by atoms with Crippen molar-refractivity contribution in [3.63, 3.8) is 0 Å². The summed E-state index contributed by atoms with van der Waals surface area (Å²) in [6.45, 7) is -0.835. The molecule has 3 heterocycles. The standard InChI is InChI=1S/C17H23N4O14P3/c1-31-14(23)5-3-2-4-10-7-21(17-15(10)16(18)19-9-20-17)13-6-11(22)12(33-13)8-32-37(27,28)35-38(29,30)34-36(24,25)26/h7,9,11-13,22H,3,5-6,8H2,1H3,(H,27,28)(H,29,30)(H2,18,19,20)(H2,24,25,26)/t11-,12+,13+/m0/s1. The molecule has 1 aliphatic heterocycles. The Morgan fingerprint density at radius 2 is 1.92 bits per heavy atom. The highest BCUT2D eigenvalue weighted by Gasteiger charge is 2.43. The first-order chi connectivity index (χ1) is 17.6. The monoisotopic (exact) mass is 600 g/mol. The maximum atomic E-state index is 12.0. The van der Waals surface area contributed by atoms with Crippen LogP contribution < -0.4 is 5.73 Å². The third kappa shape index (κ3) is 8.14. The van der Waals surface area contributed by atoms with Crippen molar-refractivity contribution in [1.29, 1.82) is 0 Å². The number of aliphatic hydroxyl groups excluding tert-OH is 1. The highest BCUT2D eigenvalue weighted by molar-refractivity contribution is 7.66. The topological polar surface area (TPSA) is 272 Å². The number of hydrogen-bond donors (Lipinski definition) is 6. The lowest BCUT2D eigenvalue weighted by molar-refractivity contribution is -0.140. The van der Waals surface area contributed by atoms with E-state index >= 15 is 0 Å². The van der Waals surface area contributed by atoms with Crippen LogP contribution in [0.15, 0.2) is 12.5 Å². The van der Waals surface area contributed by atoms with E-state index in [-0.39, 0.29) is 25.1 Å². The summed E-state index contributed by atoms with van der Waals surface area (Å²) in [5.41, 5.74) is 6.68. The molecule has 1 aliphatic rings. The summed E-state index contributed by atoms with van der Waals surface area (Å²) >= 11 is 0. The van der Waals surface area contributed by atoms with E-state index in [1.807, 2.05) is 0 Å². The summed E-state index contributed by atoms with van der Waals surface area (Å²) in [4.78, 5) is 55.4. The lowest BCUT2D eigenvalue weighted by Gasteiger charge is -2.19. The number of nitrogens with two attached hydrogens (primary N) is 1. The molecule has 2 aromatic rings. The zero-order valence-corrected chi connectivity index (χ0v) is 22.1. The molecule has 0 aliphatic carbocycles. The van der Waals surface area contributed by atoms with Crippen molar-refractivity contribution in [3.05, 3.63) is 18.1 Å². The molecule has 21 heteroatoms. The van der Waals surface area contributed by atoms with E-state index in [2.05, 4.69) is 39.7 Å². The number of anilines is 1. The first-order valence-corrected chi connectivity index (χ1v) is 14.9. The zero-order valence-electron chi connectivity index (χ0n) is 19.4. The Hall–Kier alpha value is -2.22. The van der Waals surface area contributed by atoms with Crippen molar-refractivity contribution in [2.45, 2.75) is 37.7 Å². The molecule has 1 fully saturated rings. The first kappa shape index (κ1) is 30.3. The minimum Gasteiger partial charge on any atom is -0.469 e. The van der Waals surface area contributed by atoms with Gasteiger partial charge in [-0.3, -0.25) is 9.32 Å². The van der Waals surface area contributed by atoms with Crippen LogP contribution in [0.1, 0.15) is 31.1 Å². The van der Waals surface area contributed by atoms with E-state index in [4.69, 9.17) is 20.3 Å². The van der Waals surface area contributed by atoms with Crippen LogP contribution in [0, 0.1) is 11.8 Å². The number of rotatable bonds is 10. The van der Waals surface area contributed by atoms with Crippen molar-refractivity contribution in [1.82, 2.24) is 14.5 Å². The molecule has 2 unspecified atom stereocenters. The molecule has 18 nitrogen and oxygen atoms in total. The molecular weight excluding hydrogens is 577 g/mol. The molecule has 0 saturated carbocycles. The van der Waals surface area contributed by atoms with Gasteiger partial charge in [0.15, 0.2) is 0 Å². The van der Waals surface area contributed by atoms with Crippen molar-refractivity contribution >= 4 is 46.3 Å². The molecule has 3 rings (SSSR count). The van der Waals surface area contributed by atoms with E-state index < -0.39 is 54.5 Å². The number of carbonyl (C=O) groups excluding carboxylic acids is 1. The molecular formula is C17H23N4O14P3. The number of aliphatic hydroxyl groups is 1. The van der Waals surface area contributed by atoms with Gasteiger partial charge in [0.1, 0.15) is 30.1 Å². The summed E-state index contributed by atoms with van der Waals surface area (Å²) in [6, 6.07) is 0. The third-order valence-corrected chi connectivity index (χ3v) is 8.68. The van der Waals surface area contributed by atoms with Gasteiger partial charge >= 0.3 is 29.4 Å². The normalized spacial score (nSPS) is 22.8. The Morgan fingerprint density at radius 3 is 2.58 bits per heavy atom. The zero-order chi connectivity index (χ0) is 28.3. The lowest BCUT2D eigenvalue weighted by Crippen LogP contribution is -2.26. The summed E-state index contributed by atoms with van der Waals surface area (Å²) in [6.07, 6.45) is -0.481. The van der Waals surface area contributed by atoms with Crippen LogP contribution >= 0.6 is 23.5 Å². The number of esters is 1. The fourth-order valence-corrected chi connectivity index (χ4v) is 6.38.